The van der Waals surface area contributed by atoms with Gasteiger partial charge in [0.2, 0.25) is 0 Å². The number of hydrogen-bond acceptors (Lipinski definition) is 1. The highest BCUT2D eigenvalue weighted by molar-refractivity contribution is 5.49. The zero-order valence-electron chi connectivity index (χ0n) is 9.53. The summed E-state index contributed by atoms with van der Waals surface area (Å²) < 4.78 is 22.0. The molecule has 2 aromatic rings. The van der Waals surface area contributed by atoms with Gasteiger partial charge in [-0.15, -0.1) is 0 Å². The minimum absolute atomic E-state index is 0.591. The second-order valence-corrected chi connectivity index (χ2v) is 3.22. The number of rotatable bonds is 0. The second kappa shape index (κ2) is 2.88. The summed E-state index contributed by atoms with van der Waals surface area (Å²) in [5, 5.41) is 0. The van der Waals surface area contributed by atoms with Gasteiger partial charge in [-0.1, -0.05) is 36.4 Å². The first-order valence-corrected chi connectivity index (χ1v) is 4.56. The maximum absolute atomic E-state index is 8.18. The number of ether oxygens (including phenoxy) is 1. The molecule has 3 rings (SSSR count). The summed E-state index contributed by atoms with van der Waals surface area (Å²) in [6.07, 6.45) is -1.48. The summed E-state index contributed by atoms with van der Waals surface area (Å²) in [6, 6.07) is 14.5. The third-order valence-electron chi connectivity index (χ3n) is 2.26. The van der Waals surface area contributed by atoms with Crippen molar-refractivity contribution in [1.82, 2.24) is 0 Å². The van der Waals surface area contributed by atoms with Gasteiger partial charge in [-0.25, -0.2) is 0 Å². The Balaban J connectivity index is 2.28. The normalized spacial score (nSPS) is 18.3. The van der Waals surface area contributed by atoms with Crippen molar-refractivity contribution in [2.45, 2.75) is 6.37 Å². The highest BCUT2D eigenvalue weighted by Gasteiger charge is 2.14. The zero-order valence-corrected chi connectivity index (χ0v) is 7.53. The van der Waals surface area contributed by atoms with Gasteiger partial charge in [-0.05, 0) is 23.3 Å². The minimum Gasteiger partial charge on any atom is -0.457 e. The number of hydrogen-bond donors (Lipinski definition) is 0. The average Bonchev–Trinajstić information content (AvgIpc) is 2.29. The lowest BCUT2D eigenvalue weighted by atomic mass is 10.0. The van der Waals surface area contributed by atoms with Crippen molar-refractivity contribution < 1.29 is 7.48 Å². The van der Waals surface area contributed by atoms with Crippen LogP contribution in [0.1, 0.15) is 13.9 Å². The van der Waals surface area contributed by atoms with Crippen molar-refractivity contribution >= 4 is 0 Å². The Kier molecular flexibility index (Phi) is 1.20. The zero-order chi connectivity index (χ0) is 11.2. The predicted octanol–water partition coefficient (Wildman–Crippen LogP) is 3.38. The Morgan fingerprint density at radius 3 is 1.93 bits per heavy atom. The summed E-state index contributed by atoms with van der Waals surface area (Å²) in [6.45, 7) is 0. The van der Waals surface area contributed by atoms with Crippen LogP contribution in [0.25, 0.3) is 0 Å². The summed E-state index contributed by atoms with van der Waals surface area (Å²) >= 11 is 0. The molecule has 0 aromatic heterocycles. The van der Waals surface area contributed by atoms with Gasteiger partial charge < -0.3 is 4.74 Å². The lowest BCUT2D eigenvalue weighted by Gasteiger charge is -2.19. The highest BCUT2D eigenvalue weighted by Crippen LogP contribution is 2.35. The second-order valence-electron chi connectivity index (χ2n) is 3.22. The van der Waals surface area contributed by atoms with Crippen LogP contribution in [-0.4, -0.2) is 0 Å². The third kappa shape index (κ3) is 1.10. The molecule has 0 spiro atoms. The van der Waals surface area contributed by atoms with E-state index in [4.69, 9.17) is 7.48 Å². The molecule has 68 valence electrons. The molecule has 1 aliphatic rings. The summed E-state index contributed by atoms with van der Waals surface area (Å²) in [5.74, 6) is 1.21. The van der Waals surface area contributed by atoms with Gasteiger partial charge >= 0.3 is 0 Å². The fraction of sp³-hybridized carbons (Fsp3) is 0.0769. The molecular weight excluding hydrogens is 172 g/mol. The fourth-order valence-electron chi connectivity index (χ4n) is 1.58. The first kappa shape index (κ1) is 5.86. The first-order chi connectivity index (χ1) is 7.69. The van der Waals surface area contributed by atoms with Crippen LogP contribution in [0.2, 0.25) is 0 Å². The Labute approximate surface area is 85.8 Å². The van der Waals surface area contributed by atoms with E-state index in [1.807, 2.05) is 24.3 Å². The topological polar surface area (TPSA) is 9.23 Å². The summed E-state index contributed by atoms with van der Waals surface area (Å²) in [4.78, 5) is 0. The largest absolute Gasteiger partial charge is 0.457 e. The van der Waals surface area contributed by atoms with Crippen LogP contribution in [0.15, 0.2) is 48.5 Å². The highest BCUT2D eigenvalue weighted by atomic mass is 16.5. The molecule has 1 heteroatoms. The van der Waals surface area contributed by atoms with Gasteiger partial charge in [0.25, 0.3) is 0 Å². The van der Waals surface area contributed by atoms with Gasteiger partial charge in [0.05, 0.1) is 0 Å². The van der Waals surface area contributed by atoms with Crippen LogP contribution in [0.4, 0.5) is 0 Å². The van der Waals surface area contributed by atoms with Crippen molar-refractivity contribution in [3.63, 3.8) is 0 Å². The van der Waals surface area contributed by atoms with Crippen LogP contribution in [0, 0.1) is 0 Å². The van der Waals surface area contributed by atoms with Crippen molar-refractivity contribution in [2.75, 3.05) is 0 Å². The van der Waals surface area contributed by atoms with Crippen molar-refractivity contribution in [1.29, 1.82) is 0 Å². The summed E-state index contributed by atoms with van der Waals surface area (Å²) in [5.41, 5.74) is 1.18. The molecule has 1 heterocycles. The number of para-hydroxylation sites is 2. The van der Waals surface area contributed by atoms with Crippen LogP contribution >= 0.6 is 0 Å². The molecule has 2 aromatic carbocycles. The molecule has 0 atom stereocenters. The lowest BCUT2D eigenvalue weighted by molar-refractivity contribution is 0.460. The fourth-order valence-corrected chi connectivity index (χ4v) is 1.58. The molecule has 1 nitrogen and oxygen atoms in total. The quantitative estimate of drug-likeness (QED) is 0.609. The van der Waals surface area contributed by atoms with Crippen LogP contribution < -0.4 is 4.74 Å². The van der Waals surface area contributed by atoms with E-state index in [1.54, 1.807) is 24.3 Å². The third-order valence-corrected chi connectivity index (χ3v) is 2.26. The molecule has 0 fully saturated rings. The molecular formula is C13H10O. The monoisotopic (exact) mass is 184 g/mol. The molecule has 0 bridgehead atoms. The molecule has 0 saturated carbocycles. The van der Waals surface area contributed by atoms with E-state index in [0.717, 1.165) is 0 Å². The number of fused-ring (bicyclic) bond motifs is 2. The molecule has 0 N–H and O–H groups in total. The van der Waals surface area contributed by atoms with Gasteiger partial charge in [0.1, 0.15) is 11.5 Å². The van der Waals surface area contributed by atoms with E-state index in [9.17, 15) is 0 Å². The predicted molar refractivity (Wildman–Crippen MR) is 55.8 cm³/mol. The number of benzene rings is 2. The first-order valence-electron chi connectivity index (χ1n) is 5.56. The van der Waals surface area contributed by atoms with Crippen LogP contribution in [0.3, 0.4) is 0 Å². The molecule has 0 unspecified atom stereocenters. The van der Waals surface area contributed by atoms with Gasteiger partial charge in [0, 0.05) is 9.11 Å². The van der Waals surface area contributed by atoms with Crippen LogP contribution in [0.5, 0.6) is 11.5 Å². The van der Waals surface area contributed by atoms with Crippen molar-refractivity contribution in [3.8, 4) is 11.5 Å². The molecule has 0 saturated heterocycles. The average molecular weight is 184 g/mol. The van der Waals surface area contributed by atoms with E-state index >= 15 is 0 Å². The minimum atomic E-state index is -1.48. The Morgan fingerprint density at radius 2 is 1.36 bits per heavy atom. The molecule has 1 aliphatic heterocycles. The molecule has 0 amide bonds. The maximum Gasteiger partial charge on any atom is 0.130 e. The van der Waals surface area contributed by atoms with Crippen LogP contribution in [-0.2, 0) is 6.37 Å². The van der Waals surface area contributed by atoms with E-state index in [2.05, 4.69) is 0 Å². The van der Waals surface area contributed by atoms with Gasteiger partial charge in [0.15, 0.2) is 0 Å². The van der Waals surface area contributed by atoms with Gasteiger partial charge in [-0.3, -0.25) is 0 Å². The Bertz CT molecular complexity index is 502. The van der Waals surface area contributed by atoms with Crippen molar-refractivity contribution in [3.05, 3.63) is 59.7 Å². The Hall–Kier alpha value is -1.76. The molecule has 14 heavy (non-hydrogen) atoms. The summed E-state index contributed by atoms with van der Waals surface area (Å²) in [7, 11) is 0. The smallest absolute Gasteiger partial charge is 0.130 e. The lowest BCUT2D eigenvalue weighted by Crippen LogP contribution is -2.01. The SMILES string of the molecule is [2H]C1([2H])c2ccccc2Oc2ccccc21. The molecule has 0 radical (unpaired) electrons. The van der Waals surface area contributed by atoms with E-state index < -0.39 is 6.37 Å². The van der Waals surface area contributed by atoms with Crippen molar-refractivity contribution in [2.24, 2.45) is 0 Å². The van der Waals surface area contributed by atoms with E-state index in [0.29, 0.717) is 22.6 Å². The molecule has 0 aliphatic carbocycles. The standard InChI is InChI=1S/C13H10O/c1-3-7-12-10(5-1)9-11-6-2-4-8-13(11)14-12/h1-8H,9H2/i9D2. The maximum atomic E-state index is 8.18. The van der Waals surface area contributed by atoms with E-state index in [-0.39, 0.29) is 0 Å². The van der Waals surface area contributed by atoms with E-state index in [1.165, 1.54) is 0 Å². The van der Waals surface area contributed by atoms with Gasteiger partial charge in [-0.2, -0.15) is 0 Å². The Morgan fingerprint density at radius 1 is 0.857 bits per heavy atom.